The standard InChI is InChI=1S/C36H32N4O8S2/c1-3-47-33(41)23-39(49(43,44)31-17-7-11-25-13-9-21-37-35(25)31)29-19-20-30(28-16-6-5-15-27(28)29)40(24-34(42)48-4-2)50(45,46)32-18-8-12-26-14-10-22-38-36(26)32/h5-22H,3-4,23-24H2,1-2H3. The molecule has 0 aliphatic carbocycles. The van der Waals surface area contributed by atoms with Gasteiger partial charge in [-0.05, 0) is 50.2 Å². The molecule has 50 heavy (non-hydrogen) atoms. The summed E-state index contributed by atoms with van der Waals surface area (Å²) in [5, 5.41) is 1.72. The number of rotatable bonds is 12. The van der Waals surface area contributed by atoms with Crippen LogP contribution in [0.3, 0.4) is 0 Å². The number of ether oxygens (including phenoxy) is 2. The predicted octanol–water partition coefficient (Wildman–Crippen LogP) is 5.45. The molecule has 0 spiro atoms. The number of sulfonamides is 2. The molecular weight excluding hydrogens is 681 g/mol. The third-order valence-electron chi connectivity index (χ3n) is 7.90. The highest BCUT2D eigenvalue weighted by atomic mass is 32.2. The van der Waals surface area contributed by atoms with Gasteiger partial charge in [0, 0.05) is 33.9 Å². The van der Waals surface area contributed by atoms with Crippen LogP contribution in [0.2, 0.25) is 0 Å². The molecule has 2 aromatic heterocycles. The Bertz CT molecular complexity index is 2290. The highest BCUT2D eigenvalue weighted by Crippen LogP contribution is 2.39. The second-order valence-corrected chi connectivity index (χ2v) is 14.6. The first kappa shape index (κ1) is 34.3. The summed E-state index contributed by atoms with van der Waals surface area (Å²) in [5.41, 5.74) is 0.566. The minimum absolute atomic E-state index is 0.0198. The summed E-state index contributed by atoms with van der Waals surface area (Å²) in [4.78, 5) is 34.3. The Morgan fingerprint density at radius 2 is 0.960 bits per heavy atom. The van der Waals surface area contributed by atoms with Crippen LogP contribution in [0.1, 0.15) is 13.8 Å². The molecule has 0 aliphatic heterocycles. The fourth-order valence-corrected chi connectivity index (χ4v) is 8.95. The van der Waals surface area contributed by atoms with E-state index in [1.54, 1.807) is 86.6 Å². The smallest absolute Gasteiger partial charge is 0.326 e. The number of carbonyl (C=O) groups excluding carboxylic acids is 2. The van der Waals surface area contributed by atoms with Crippen molar-refractivity contribution in [2.24, 2.45) is 0 Å². The van der Waals surface area contributed by atoms with Crippen molar-refractivity contribution in [1.82, 2.24) is 9.97 Å². The number of hydrogen-bond acceptors (Lipinski definition) is 10. The monoisotopic (exact) mass is 712 g/mol. The Morgan fingerprint density at radius 3 is 1.36 bits per heavy atom. The Kier molecular flexibility index (Phi) is 9.66. The molecule has 6 aromatic rings. The summed E-state index contributed by atoms with van der Waals surface area (Å²) in [6.45, 7) is 1.89. The molecule has 0 radical (unpaired) electrons. The number of aromatic nitrogens is 2. The van der Waals surface area contributed by atoms with Crippen molar-refractivity contribution in [3.05, 3.63) is 109 Å². The third-order valence-corrected chi connectivity index (χ3v) is 11.5. The van der Waals surface area contributed by atoms with Gasteiger partial charge in [-0.25, -0.2) is 16.8 Å². The van der Waals surface area contributed by atoms with Gasteiger partial charge < -0.3 is 9.47 Å². The van der Waals surface area contributed by atoms with Crippen molar-refractivity contribution >= 4 is 75.9 Å². The van der Waals surface area contributed by atoms with E-state index in [4.69, 9.17) is 9.47 Å². The van der Waals surface area contributed by atoms with Gasteiger partial charge in [0.2, 0.25) is 0 Å². The number of para-hydroxylation sites is 2. The molecule has 256 valence electrons. The zero-order chi connectivity index (χ0) is 35.5. The van der Waals surface area contributed by atoms with Crippen molar-refractivity contribution in [1.29, 1.82) is 0 Å². The van der Waals surface area contributed by atoms with Crippen LogP contribution < -0.4 is 8.61 Å². The summed E-state index contributed by atoms with van der Waals surface area (Å²) in [5.74, 6) is -1.60. The second kappa shape index (κ2) is 14.1. The molecule has 4 aromatic carbocycles. The van der Waals surface area contributed by atoms with Gasteiger partial charge in [0.25, 0.3) is 20.0 Å². The number of nitrogens with zero attached hydrogens (tertiary/aromatic N) is 4. The quantitative estimate of drug-likeness (QED) is 0.150. The molecule has 0 amide bonds. The number of benzene rings is 4. The average Bonchev–Trinajstić information content (AvgIpc) is 3.12. The Balaban J connectivity index is 1.58. The van der Waals surface area contributed by atoms with E-state index >= 15 is 0 Å². The molecule has 0 saturated heterocycles. The van der Waals surface area contributed by atoms with E-state index in [9.17, 15) is 26.4 Å². The van der Waals surface area contributed by atoms with E-state index in [1.165, 1.54) is 36.7 Å². The van der Waals surface area contributed by atoms with Gasteiger partial charge >= 0.3 is 11.9 Å². The number of esters is 2. The molecule has 0 aliphatic rings. The molecule has 6 rings (SSSR count). The van der Waals surface area contributed by atoms with Gasteiger partial charge in [-0.2, -0.15) is 0 Å². The summed E-state index contributed by atoms with van der Waals surface area (Å²) in [7, 11) is -8.97. The van der Waals surface area contributed by atoms with Crippen molar-refractivity contribution < 1.29 is 35.9 Å². The first-order valence-corrected chi connectivity index (χ1v) is 18.5. The third kappa shape index (κ3) is 6.42. The van der Waals surface area contributed by atoms with Crippen molar-refractivity contribution in [3.63, 3.8) is 0 Å². The fourth-order valence-electron chi connectivity index (χ4n) is 5.76. The highest BCUT2D eigenvalue weighted by molar-refractivity contribution is 7.93. The molecule has 0 saturated carbocycles. The number of hydrogen-bond donors (Lipinski definition) is 0. The van der Waals surface area contributed by atoms with E-state index in [1.807, 2.05) is 0 Å². The van der Waals surface area contributed by atoms with Crippen LogP contribution in [0, 0.1) is 0 Å². The molecule has 0 unspecified atom stereocenters. The summed E-state index contributed by atoms with van der Waals surface area (Å²) in [6, 6.07) is 25.6. The first-order chi connectivity index (χ1) is 24.1. The SMILES string of the molecule is CCOC(=O)CN(c1ccc(N(CC(=O)OCC)S(=O)(=O)c2cccc3cccnc23)c2ccccc12)S(=O)(=O)c1cccc2cccnc12. The number of anilines is 2. The molecular formula is C36H32N4O8S2. The maximum absolute atomic E-state index is 14.5. The van der Waals surface area contributed by atoms with Gasteiger partial charge in [-0.1, -0.05) is 60.7 Å². The number of carbonyl (C=O) groups is 2. The van der Waals surface area contributed by atoms with Crippen LogP contribution in [0.25, 0.3) is 32.6 Å². The lowest BCUT2D eigenvalue weighted by Crippen LogP contribution is -2.38. The maximum atomic E-state index is 14.5. The van der Waals surface area contributed by atoms with Crippen LogP contribution in [-0.2, 0) is 39.1 Å². The Labute approximate surface area is 289 Å². The normalized spacial score (nSPS) is 11.8. The van der Waals surface area contributed by atoms with Crippen molar-refractivity contribution in [2.75, 3.05) is 34.9 Å². The molecule has 0 atom stereocenters. The van der Waals surface area contributed by atoms with Gasteiger partial charge in [0.15, 0.2) is 0 Å². The van der Waals surface area contributed by atoms with Crippen LogP contribution in [-0.4, -0.2) is 65.0 Å². The number of fused-ring (bicyclic) bond motifs is 3. The molecule has 0 fully saturated rings. The lowest BCUT2D eigenvalue weighted by atomic mass is 10.1. The van der Waals surface area contributed by atoms with Gasteiger partial charge in [0.05, 0.1) is 35.6 Å². The van der Waals surface area contributed by atoms with Crippen LogP contribution in [0.5, 0.6) is 0 Å². The van der Waals surface area contributed by atoms with E-state index in [-0.39, 0.29) is 56.2 Å². The first-order valence-electron chi connectivity index (χ1n) is 15.6. The van der Waals surface area contributed by atoms with Crippen molar-refractivity contribution in [3.8, 4) is 0 Å². The topological polar surface area (TPSA) is 153 Å². The molecule has 0 bridgehead atoms. The Hall–Kier alpha value is -5.60. The van der Waals surface area contributed by atoms with Gasteiger partial charge in [-0.15, -0.1) is 0 Å². The van der Waals surface area contributed by atoms with Gasteiger partial charge in [-0.3, -0.25) is 28.2 Å². The van der Waals surface area contributed by atoms with E-state index in [2.05, 4.69) is 9.97 Å². The molecule has 12 nitrogen and oxygen atoms in total. The summed E-state index contributed by atoms with van der Waals surface area (Å²) in [6.07, 6.45) is 2.95. The fraction of sp³-hybridized carbons (Fsp3) is 0.167. The zero-order valence-electron chi connectivity index (χ0n) is 27.1. The summed E-state index contributed by atoms with van der Waals surface area (Å²) >= 11 is 0. The molecule has 14 heteroatoms. The minimum Gasteiger partial charge on any atom is -0.465 e. The number of pyridine rings is 2. The lowest BCUT2D eigenvalue weighted by Gasteiger charge is -2.29. The maximum Gasteiger partial charge on any atom is 0.326 e. The van der Waals surface area contributed by atoms with Crippen LogP contribution in [0.4, 0.5) is 11.4 Å². The lowest BCUT2D eigenvalue weighted by molar-refractivity contribution is -0.142. The predicted molar refractivity (Wildman–Crippen MR) is 190 cm³/mol. The Morgan fingerprint density at radius 1 is 0.560 bits per heavy atom. The average molecular weight is 713 g/mol. The summed E-state index contributed by atoms with van der Waals surface area (Å²) < 4.78 is 70.4. The van der Waals surface area contributed by atoms with E-state index in [0.29, 0.717) is 10.8 Å². The van der Waals surface area contributed by atoms with Crippen LogP contribution in [0.15, 0.2) is 119 Å². The van der Waals surface area contributed by atoms with Crippen LogP contribution >= 0.6 is 0 Å². The molecule has 2 heterocycles. The minimum atomic E-state index is -4.48. The molecule has 0 N–H and O–H groups in total. The largest absolute Gasteiger partial charge is 0.465 e. The second-order valence-electron chi connectivity index (χ2n) is 10.9. The highest BCUT2D eigenvalue weighted by Gasteiger charge is 2.34. The van der Waals surface area contributed by atoms with E-state index < -0.39 is 45.1 Å². The van der Waals surface area contributed by atoms with E-state index in [0.717, 1.165) is 8.61 Å². The van der Waals surface area contributed by atoms with Crippen molar-refractivity contribution in [2.45, 2.75) is 23.6 Å². The van der Waals surface area contributed by atoms with Gasteiger partial charge in [0.1, 0.15) is 22.9 Å². The zero-order valence-corrected chi connectivity index (χ0v) is 28.7.